The fraction of sp³-hybridized carbons (Fsp3) is 0.333. The van der Waals surface area contributed by atoms with Gasteiger partial charge in [0.05, 0.1) is 0 Å². The Morgan fingerprint density at radius 2 is 2.10 bits per heavy atom. The Hall–Kier alpha value is -2.01. The minimum atomic E-state index is -0.336. The number of nitrogens with one attached hydrogen (secondary N) is 1. The summed E-state index contributed by atoms with van der Waals surface area (Å²) in [4.78, 5) is 8.37. The molecule has 104 valence electrons. The van der Waals surface area contributed by atoms with Gasteiger partial charge in [0.15, 0.2) is 0 Å². The van der Waals surface area contributed by atoms with Gasteiger partial charge in [-0.3, -0.25) is 4.98 Å². The number of halogens is 1. The number of anilines is 1. The van der Waals surface area contributed by atoms with Gasteiger partial charge in [0, 0.05) is 30.0 Å². The van der Waals surface area contributed by atoms with Crippen molar-refractivity contribution in [2.75, 3.05) is 5.32 Å². The molecular weight excluding hydrogens is 255 g/mol. The van der Waals surface area contributed by atoms with E-state index in [9.17, 15) is 4.39 Å². The molecule has 0 spiro atoms. The van der Waals surface area contributed by atoms with Crippen LogP contribution in [-0.2, 0) is 0 Å². The van der Waals surface area contributed by atoms with E-state index in [1.165, 1.54) is 6.07 Å². The third-order valence-corrected chi connectivity index (χ3v) is 3.62. The summed E-state index contributed by atoms with van der Waals surface area (Å²) in [6, 6.07) is 7.33. The molecule has 2 atom stereocenters. The van der Waals surface area contributed by atoms with Gasteiger partial charge in [-0.15, -0.1) is 0 Å². The van der Waals surface area contributed by atoms with Gasteiger partial charge in [-0.1, -0.05) is 0 Å². The van der Waals surface area contributed by atoms with Gasteiger partial charge in [0.1, 0.15) is 17.3 Å². The van der Waals surface area contributed by atoms with Gasteiger partial charge < -0.3 is 11.1 Å². The van der Waals surface area contributed by atoms with Crippen LogP contribution in [0, 0.1) is 5.82 Å². The van der Waals surface area contributed by atoms with Crippen molar-refractivity contribution in [3.8, 4) is 11.3 Å². The quantitative estimate of drug-likeness (QED) is 0.901. The number of hydrogen-bond donors (Lipinski definition) is 2. The number of nitrogens with zero attached hydrogens (tertiary/aromatic N) is 2. The molecule has 0 radical (unpaired) electrons. The van der Waals surface area contributed by atoms with Crippen molar-refractivity contribution in [2.45, 2.75) is 31.3 Å². The first-order valence-corrected chi connectivity index (χ1v) is 6.81. The van der Waals surface area contributed by atoms with Crippen LogP contribution >= 0.6 is 0 Å². The third kappa shape index (κ3) is 2.77. The van der Waals surface area contributed by atoms with Crippen LogP contribution in [0.1, 0.15) is 19.3 Å². The molecule has 1 aliphatic carbocycles. The van der Waals surface area contributed by atoms with Gasteiger partial charge in [0.25, 0.3) is 0 Å². The highest BCUT2D eigenvalue weighted by atomic mass is 19.1. The molecule has 0 aliphatic heterocycles. The SMILES string of the molecule is NC1CCC(Nc2ccc(-c3ncccc3F)cn2)C1. The van der Waals surface area contributed by atoms with E-state index in [1.807, 2.05) is 12.1 Å². The van der Waals surface area contributed by atoms with Gasteiger partial charge in [0.2, 0.25) is 0 Å². The highest BCUT2D eigenvalue weighted by Crippen LogP contribution is 2.23. The Labute approximate surface area is 117 Å². The number of aromatic nitrogens is 2. The smallest absolute Gasteiger partial charge is 0.149 e. The van der Waals surface area contributed by atoms with Crippen molar-refractivity contribution >= 4 is 5.82 Å². The first-order valence-electron chi connectivity index (χ1n) is 6.81. The summed E-state index contributed by atoms with van der Waals surface area (Å²) in [5.41, 5.74) is 6.89. The highest BCUT2D eigenvalue weighted by Gasteiger charge is 2.21. The summed E-state index contributed by atoms with van der Waals surface area (Å²) in [5, 5.41) is 3.36. The van der Waals surface area contributed by atoms with E-state index in [4.69, 9.17) is 5.73 Å². The van der Waals surface area contributed by atoms with Gasteiger partial charge in [-0.25, -0.2) is 9.37 Å². The second-order valence-electron chi connectivity index (χ2n) is 5.18. The first-order chi connectivity index (χ1) is 9.72. The van der Waals surface area contributed by atoms with Crippen molar-refractivity contribution in [1.29, 1.82) is 0 Å². The molecule has 0 bridgehead atoms. The van der Waals surface area contributed by atoms with E-state index < -0.39 is 0 Å². The van der Waals surface area contributed by atoms with Crippen LogP contribution in [0.3, 0.4) is 0 Å². The monoisotopic (exact) mass is 272 g/mol. The molecule has 20 heavy (non-hydrogen) atoms. The second kappa shape index (κ2) is 5.54. The average molecular weight is 272 g/mol. The maximum Gasteiger partial charge on any atom is 0.149 e. The zero-order valence-electron chi connectivity index (χ0n) is 11.1. The van der Waals surface area contributed by atoms with E-state index in [0.29, 0.717) is 17.3 Å². The van der Waals surface area contributed by atoms with Gasteiger partial charge in [-0.2, -0.15) is 0 Å². The minimum absolute atomic E-state index is 0.286. The number of nitrogens with two attached hydrogens (primary N) is 1. The fourth-order valence-corrected chi connectivity index (χ4v) is 2.57. The van der Waals surface area contributed by atoms with Crippen molar-refractivity contribution in [3.63, 3.8) is 0 Å². The molecule has 5 heteroatoms. The van der Waals surface area contributed by atoms with Crippen LogP contribution in [0.4, 0.5) is 10.2 Å². The van der Waals surface area contributed by atoms with Crippen molar-refractivity contribution < 1.29 is 4.39 Å². The number of hydrogen-bond acceptors (Lipinski definition) is 4. The summed E-state index contributed by atoms with van der Waals surface area (Å²) in [6.45, 7) is 0. The Balaban J connectivity index is 1.73. The normalized spacial score (nSPS) is 21.9. The molecule has 3 N–H and O–H groups in total. The van der Waals surface area contributed by atoms with Crippen molar-refractivity contribution in [2.24, 2.45) is 5.73 Å². The van der Waals surface area contributed by atoms with Crippen molar-refractivity contribution in [3.05, 3.63) is 42.5 Å². The molecular formula is C15H17FN4. The lowest BCUT2D eigenvalue weighted by atomic mass is 10.2. The van der Waals surface area contributed by atoms with Crippen LogP contribution in [0.25, 0.3) is 11.3 Å². The maximum atomic E-state index is 13.6. The molecule has 1 fully saturated rings. The minimum Gasteiger partial charge on any atom is -0.367 e. The third-order valence-electron chi connectivity index (χ3n) is 3.62. The van der Waals surface area contributed by atoms with Gasteiger partial charge in [-0.05, 0) is 43.5 Å². The highest BCUT2D eigenvalue weighted by molar-refractivity contribution is 5.60. The molecule has 2 heterocycles. The second-order valence-corrected chi connectivity index (χ2v) is 5.18. The molecule has 2 aromatic rings. The van der Waals surface area contributed by atoms with E-state index >= 15 is 0 Å². The predicted molar refractivity (Wildman–Crippen MR) is 76.7 cm³/mol. The molecule has 1 aliphatic rings. The van der Waals surface area contributed by atoms with Crippen LogP contribution in [0.15, 0.2) is 36.7 Å². The average Bonchev–Trinajstić information content (AvgIpc) is 2.86. The van der Waals surface area contributed by atoms with E-state index in [-0.39, 0.29) is 11.9 Å². The largest absolute Gasteiger partial charge is 0.367 e. The summed E-state index contributed by atoms with van der Waals surface area (Å²) in [6.07, 6.45) is 6.31. The zero-order valence-corrected chi connectivity index (χ0v) is 11.1. The molecule has 1 saturated carbocycles. The first kappa shape index (κ1) is 13.0. The summed E-state index contributed by atoms with van der Waals surface area (Å²) < 4.78 is 13.6. The molecule has 0 aromatic carbocycles. The predicted octanol–water partition coefficient (Wildman–Crippen LogP) is 2.57. The molecule has 2 unspecified atom stereocenters. The topological polar surface area (TPSA) is 63.8 Å². The lowest BCUT2D eigenvalue weighted by molar-refractivity contribution is 0.625. The Kier molecular flexibility index (Phi) is 3.60. The lowest BCUT2D eigenvalue weighted by Gasteiger charge is -2.13. The summed E-state index contributed by atoms with van der Waals surface area (Å²) in [7, 11) is 0. The van der Waals surface area contributed by atoms with Crippen LogP contribution in [0.2, 0.25) is 0 Å². The molecule has 4 nitrogen and oxygen atoms in total. The zero-order chi connectivity index (χ0) is 13.9. The Morgan fingerprint density at radius 1 is 1.20 bits per heavy atom. The lowest BCUT2D eigenvalue weighted by Crippen LogP contribution is -2.21. The Bertz CT molecular complexity index is 585. The van der Waals surface area contributed by atoms with E-state index in [1.54, 1.807) is 18.5 Å². The maximum absolute atomic E-state index is 13.6. The molecule has 0 saturated heterocycles. The van der Waals surface area contributed by atoms with Crippen LogP contribution < -0.4 is 11.1 Å². The standard InChI is InChI=1S/C15H17FN4/c16-13-2-1-7-18-15(13)10-3-6-14(19-9-10)20-12-5-4-11(17)8-12/h1-3,6-7,9,11-12H,4-5,8,17H2,(H,19,20). The number of rotatable bonds is 3. The Morgan fingerprint density at radius 3 is 2.75 bits per heavy atom. The van der Waals surface area contributed by atoms with Crippen LogP contribution in [-0.4, -0.2) is 22.1 Å². The van der Waals surface area contributed by atoms with E-state index in [0.717, 1.165) is 25.1 Å². The van der Waals surface area contributed by atoms with Crippen LogP contribution in [0.5, 0.6) is 0 Å². The summed E-state index contributed by atoms with van der Waals surface area (Å²) in [5.74, 6) is 0.459. The van der Waals surface area contributed by atoms with Crippen molar-refractivity contribution in [1.82, 2.24) is 9.97 Å². The molecule has 0 amide bonds. The summed E-state index contributed by atoms with van der Waals surface area (Å²) >= 11 is 0. The molecule has 3 rings (SSSR count). The fourth-order valence-electron chi connectivity index (χ4n) is 2.57. The number of pyridine rings is 2. The molecule has 2 aromatic heterocycles. The van der Waals surface area contributed by atoms with Gasteiger partial charge >= 0.3 is 0 Å². The van der Waals surface area contributed by atoms with E-state index in [2.05, 4.69) is 15.3 Å².